The molecule has 1 N–H and O–H groups in total. The van der Waals surface area contributed by atoms with Crippen LogP contribution < -0.4 is 5.32 Å². The van der Waals surface area contributed by atoms with Crippen LogP contribution >= 0.6 is 34.8 Å². The zero-order valence-electron chi connectivity index (χ0n) is 17.6. The van der Waals surface area contributed by atoms with E-state index in [1.165, 1.54) is 0 Å². The van der Waals surface area contributed by atoms with Gasteiger partial charge < -0.3 is 10.2 Å². The molecule has 2 amide bonds. The van der Waals surface area contributed by atoms with Crippen LogP contribution in [0.25, 0.3) is 0 Å². The highest BCUT2D eigenvalue weighted by Crippen LogP contribution is 2.26. The van der Waals surface area contributed by atoms with Crippen LogP contribution in [0.1, 0.15) is 45.2 Å². The maximum atomic E-state index is 13.4. The lowest BCUT2D eigenvalue weighted by Gasteiger charge is -2.33. The van der Waals surface area contributed by atoms with Gasteiger partial charge in [0.05, 0.1) is 6.42 Å². The van der Waals surface area contributed by atoms with E-state index in [-0.39, 0.29) is 24.8 Å². The first-order chi connectivity index (χ1) is 14.0. The van der Waals surface area contributed by atoms with Crippen LogP contribution in [0.4, 0.5) is 0 Å². The number of carbonyl (C=O) groups is 2. The summed E-state index contributed by atoms with van der Waals surface area (Å²) >= 11 is 18.5. The molecule has 0 heterocycles. The fourth-order valence-electron chi connectivity index (χ4n) is 3.11. The van der Waals surface area contributed by atoms with E-state index in [9.17, 15) is 9.59 Å². The predicted octanol–water partition coefficient (Wildman–Crippen LogP) is 5.91. The molecule has 0 radical (unpaired) electrons. The topological polar surface area (TPSA) is 49.4 Å². The summed E-state index contributed by atoms with van der Waals surface area (Å²) in [5.41, 5.74) is 1.02. The van der Waals surface area contributed by atoms with Crippen molar-refractivity contribution in [1.82, 2.24) is 10.2 Å². The first-order valence-electron chi connectivity index (χ1n) is 9.80. The number of halogens is 3. The van der Waals surface area contributed by atoms with Gasteiger partial charge in [0.1, 0.15) is 6.04 Å². The van der Waals surface area contributed by atoms with Gasteiger partial charge in [0.15, 0.2) is 0 Å². The van der Waals surface area contributed by atoms with E-state index in [2.05, 4.69) is 5.32 Å². The largest absolute Gasteiger partial charge is 0.350 e. The van der Waals surface area contributed by atoms with Crippen LogP contribution in [0.15, 0.2) is 42.5 Å². The van der Waals surface area contributed by atoms with Gasteiger partial charge >= 0.3 is 0 Å². The van der Waals surface area contributed by atoms with Crippen molar-refractivity contribution in [2.75, 3.05) is 0 Å². The lowest BCUT2D eigenvalue weighted by molar-refractivity contribution is -0.141. The summed E-state index contributed by atoms with van der Waals surface area (Å²) in [4.78, 5) is 27.9. The highest BCUT2D eigenvalue weighted by atomic mass is 35.5. The SMILES string of the molecule is CC[C@H](C(=O)NC(C)(C)C)N(Cc1ccc(Cl)cc1)C(=O)Cc1c(Cl)cccc1Cl. The highest BCUT2D eigenvalue weighted by Gasteiger charge is 2.31. The second kappa shape index (κ2) is 10.5. The molecule has 2 aromatic carbocycles. The Balaban J connectivity index is 2.36. The van der Waals surface area contributed by atoms with Crippen LogP contribution in [-0.4, -0.2) is 28.3 Å². The Labute approximate surface area is 193 Å². The van der Waals surface area contributed by atoms with Gasteiger partial charge in [-0.2, -0.15) is 0 Å². The maximum absolute atomic E-state index is 13.4. The minimum Gasteiger partial charge on any atom is -0.350 e. The van der Waals surface area contributed by atoms with Gasteiger partial charge in [-0.05, 0) is 62.6 Å². The molecule has 162 valence electrons. The van der Waals surface area contributed by atoms with E-state index >= 15 is 0 Å². The average molecular weight is 470 g/mol. The third-order valence-corrected chi connectivity index (χ3v) is 5.50. The molecule has 0 aliphatic carbocycles. The van der Waals surface area contributed by atoms with Gasteiger partial charge in [-0.25, -0.2) is 0 Å². The number of hydrogen-bond donors (Lipinski definition) is 1. The van der Waals surface area contributed by atoms with Crippen molar-refractivity contribution >= 4 is 46.6 Å². The van der Waals surface area contributed by atoms with E-state index in [4.69, 9.17) is 34.8 Å². The zero-order chi connectivity index (χ0) is 22.5. The number of amides is 2. The Hall–Kier alpha value is -1.75. The summed E-state index contributed by atoms with van der Waals surface area (Å²) in [6.07, 6.45) is 0.475. The second-order valence-electron chi connectivity index (χ2n) is 8.19. The van der Waals surface area contributed by atoms with Crippen molar-refractivity contribution in [2.45, 2.75) is 58.7 Å². The standard InChI is InChI=1S/C23H27Cl3N2O2/c1-5-20(22(30)27-23(2,3)4)28(14-15-9-11-16(24)12-10-15)21(29)13-17-18(25)7-6-8-19(17)26/h6-12,20H,5,13-14H2,1-4H3,(H,27,30)/t20-/m1/s1. The molecule has 1 atom stereocenters. The summed E-state index contributed by atoms with van der Waals surface area (Å²) in [6, 6.07) is 11.7. The lowest BCUT2D eigenvalue weighted by Crippen LogP contribution is -2.53. The molecule has 0 unspecified atom stereocenters. The lowest BCUT2D eigenvalue weighted by atomic mass is 10.0. The molecule has 2 rings (SSSR count). The van der Waals surface area contributed by atoms with E-state index in [1.807, 2.05) is 39.8 Å². The molecule has 30 heavy (non-hydrogen) atoms. The summed E-state index contributed by atoms with van der Waals surface area (Å²) in [6.45, 7) is 7.89. The van der Waals surface area contributed by atoms with Gasteiger partial charge in [0, 0.05) is 27.2 Å². The highest BCUT2D eigenvalue weighted by molar-refractivity contribution is 6.36. The van der Waals surface area contributed by atoms with Gasteiger partial charge in [0.25, 0.3) is 0 Å². The van der Waals surface area contributed by atoms with Crippen LogP contribution in [0, 0.1) is 0 Å². The Morgan fingerprint density at radius 3 is 2.07 bits per heavy atom. The van der Waals surface area contributed by atoms with Crippen molar-refractivity contribution in [3.8, 4) is 0 Å². The third kappa shape index (κ3) is 6.90. The molecule has 0 saturated heterocycles. The molecule has 0 saturated carbocycles. The molecule has 0 bridgehead atoms. The van der Waals surface area contributed by atoms with Crippen LogP contribution in [0.5, 0.6) is 0 Å². The summed E-state index contributed by atoms with van der Waals surface area (Å²) in [7, 11) is 0. The second-order valence-corrected chi connectivity index (χ2v) is 9.44. The summed E-state index contributed by atoms with van der Waals surface area (Å²) < 4.78 is 0. The van der Waals surface area contributed by atoms with Crippen molar-refractivity contribution in [1.29, 1.82) is 0 Å². The van der Waals surface area contributed by atoms with Crippen LogP contribution in [0.3, 0.4) is 0 Å². The number of rotatable bonds is 7. The van der Waals surface area contributed by atoms with E-state index in [0.29, 0.717) is 27.1 Å². The third-order valence-electron chi connectivity index (χ3n) is 4.54. The number of hydrogen-bond acceptors (Lipinski definition) is 2. The molecule has 2 aromatic rings. The van der Waals surface area contributed by atoms with Gasteiger partial charge in [-0.3, -0.25) is 9.59 Å². The predicted molar refractivity (Wildman–Crippen MR) is 124 cm³/mol. The molecule has 4 nitrogen and oxygen atoms in total. The first kappa shape index (κ1) is 24.5. The summed E-state index contributed by atoms with van der Waals surface area (Å²) in [5.74, 6) is -0.423. The normalized spacial score (nSPS) is 12.4. The Kier molecular flexibility index (Phi) is 8.60. The molecular weight excluding hydrogens is 443 g/mol. The molecule has 0 aliphatic heterocycles. The first-order valence-corrected chi connectivity index (χ1v) is 10.9. The number of benzene rings is 2. The molecule has 0 fully saturated rings. The molecule has 0 aliphatic rings. The monoisotopic (exact) mass is 468 g/mol. The van der Waals surface area contributed by atoms with Gasteiger partial charge in [0.2, 0.25) is 11.8 Å². The van der Waals surface area contributed by atoms with Crippen molar-refractivity contribution in [3.63, 3.8) is 0 Å². The van der Waals surface area contributed by atoms with Crippen molar-refractivity contribution < 1.29 is 9.59 Å². The quantitative estimate of drug-likeness (QED) is 0.548. The van der Waals surface area contributed by atoms with E-state index in [0.717, 1.165) is 5.56 Å². The van der Waals surface area contributed by atoms with Gasteiger partial charge in [-0.15, -0.1) is 0 Å². The Morgan fingerprint density at radius 1 is 1.00 bits per heavy atom. The molecule has 0 spiro atoms. The van der Waals surface area contributed by atoms with E-state index < -0.39 is 11.6 Å². The number of nitrogens with one attached hydrogen (secondary N) is 1. The zero-order valence-corrected chi connectivity index (χ0v) is 19.9. The van der Waals surface area contributed by atoms with Gasteiger partial charge in [-0.1, -0.05) is 59.9 Å². The van der Waals surface area contributed by atoms with E-state index in [1.54, 1.807) is 35.2 Å². The minimum atomic E-state index is -0.631. The smallest absolute Gasteiger partial charge is 0.243 e. The van der Waals surface area contributed by atoms with Crippen molar-refractivity contribution in [3.05, 3.63) is 68.7 Å². The molecule has 0 aromatic heterocycles. The summed E-state index contributed by atoms with van der Waals surface area (Å²) in [5, 5.41) is 4.44. The average Bonchev–Trinajstić information content (AvgIpc) is 2.64. The fraction of sp³-hybridized carbons (Fsp3) is 0.391. The molecule has 7 heteroatoms. The van der Waals surface area contributed by atoms with Crippen LogP contribution in [-0.2, 0) is 22.6 Å². The Bertz CT molecular complexity index is 872. The number of nitrogens with zero attached hydrogens (tertiary/aromatic N) is 1. The number of carbonyl (C=O) groups excluding carboxylic acids is 2. The minimum absolute atomic E-state index is 0.00535. The maximum Gasteiger partial charge on any atom is 0.243 e. The molecular formula is C23H27Cl3N2O2. The Morgan fingerprint density at radius 2 is 1.57 bits per heavy atom. The van der Waals surface area contributed by atoms with Crippen molar-refractivity contribution in [2.24, 2.45) is 0 Å². The van der Waals surface area contributed by atoms with Crippen LogP contribution in [0.2, 0.25) is 15.1 Å². The fourth-order valence-corrected chi connectivity index (χ4v) is 3.77.